The Hall–Kier alpha value is -3.55. The van der Waals surface area contributed by atoms with Crippen molar-refractivity contribution in [2.45, 2.75) is 64.1 Å². The lowest BCUT2D eigenvalue weighted by Gasteiger charge is -2.20. The molecular weight excluding hydrogens is 481 g/mol. The summed E-state index contributed by atoms with van der Waals surface area (Å²) >= 11 is 0. The zero-order chi connectivity index (χ0) is 26.7. The Morgan fingerprint density at radius 3 is 2.43 bits per heavy atom. The first-order valence-electron chi connectivity index (χ1n) is 12.6. The molecule has 1 aliphatic carbocycles. The lowest BCUT2D eigenvalue weighted by Crippen LogP contribution is -2.22. The number of carboxylic acids is 1. The van der Waals surface area contributed by atoms with E-state index in [2.05, 4.69) is 17.4 Å². The standard InChI is InChI=1S/C29H31F3N2O3/c1-3-18(2)34-21(11-7-10-19-8-5-4-6-9-19)13-15-26(34)27(35)33-25-16-20(22-17-23(22)28(36)37)12-14-24(25)29(30,31)32/h4-6,8-9,12-16,18,22-23H,3,7,10-11,17H2,1-2H3,(H,33,35)(H,36,37)/t18-,22-,23?/m0/s1. The number of carbonyl (C=O) groups is 2. The van der Waals surface area contributed by atoms with Gasteiger partial charge in [0.05, 0.1) is 17.2 Å². The average molecular weight is 513 g/mol. The van der Waals surface area contributed by atoms with Crippen molar-refractivity contribution in [2.75, 3.05) is 5.32 Å². The van der Waals surface area contributed by atoms with Crippen molar-refractivity contribution in [3.63, 3.8) is 0 Å². The number of carboxylic acid groups (broad SMARTS) is 1. The molecule has 1 amide bonds. The summed E-state index contributed by atoms with van der Waals surface area (Å²) in [6, 6.07) is 17.1. The summed E-state index contributed by atoms with van der Waals surface area (Å²) in [6.07, 6.45) is -1.06. The molecule has 2 aromatic carbocycles. The van der Waals surface area contributed by atoms with Crippen LogP contribution in [0.3, 0.4) is 0 Å². The highest BCUT2D eigenvalue weighted by Crippen LogP contribution is 2.49. The summed E-state index contributed by atoms with van der Waals surface area (Å²) in [4.78, 5) is 24.6. The number of aromatic nitrogens is 1. The van der Waals surface area contributed by atoms with E-state index in [9.17, 15) is 27.9 Å². The molecule has 1 fully saturated rings. The maximum absolute atomic E-state index is 13.7. The van der Waals surface area contributed by atoms with Crippen molar-refractivity contribution in [3.05, 3.63) is 88.7 Å². The molecule has 3 aromatic rings. The first-order chi connectivity index (χ1) is 17.6. The minimum absolute atomic E-state index is 0.0151. The van der Waals surface area contributed by atoms with Crippen LogP contribution in [-0.4, -0.2) is 21.6 Å². The number of nitrogens with one attached hydrogen (secondary N) is 1. The van der Waals surface area contributed by atoms with Crippen molar-refractivity contribution >= 4 is 17.6 Å². The molecule has 1 unspecified atom stereocenters. The third kappa shape index (κ3) is 6.06. The van der Waals surface area contributed by atoms with Gasteiger partial charge in [0.2, 0.25) is 0 Å². The number of carbonyl (C=O) groups excluding carboxylic acids is 1. The Bertz CT molecular complexity index is 1270. The summed E-state index contributed by atoms with van der Waals surface area (Å²) in [6.45, 7) is 3.98. The van der Waals surface area contributed by atoms with Crippen LogP contribution < -0.4 is 5.32 Å². The molecule has 1 heterocycles. The average Bonchev–Trinajstić information content (AvgIpc) is 3.57. The van der Waals surface area contributed by atoms with Crippen molar-refractivity contribution in [1.29, 1.82) is 0 Å². The Morgan fingerprint density at radius 2 is 1.81 bits per heavy atom. The van der Waals surface area contributed by atoms with Gasteiger partial charge in [-0.05, 0) is 80.3 Å². The van der Waals surface area contributed by atoms with E-state index in [0.29, 0.717) is 17.7 Å². The molecule has 8 heteroatoms. The second-order valence-electron chi connectivity index (χ2n) is 9.72. The van der Waals surface area contributed by atoms with Gasteiger partial charge < -0.3 is 15.0 Å². The van der Waals surface area contributed by atoms with Gasteiger partial charge in [-0.1, -0.05) is 43.3 Å². The van der Waals surface area contributed by atoms with E-state index >= 15 is 0 Å². The van der Waals surface area contributed by atoms with Gasteiger partial charge in [-0.25, -0.2) is 0 Å². The first kappa shape index (κ1) is 26.5. The van der Waals surface area contributed by atoms with E-state index < -0.39 is 29.5 Å². The number of halogens is 3. The Morgan fingerprint density at radius 1 is 1.08 bits per heavy atom. The predicted octanol–water partition coefficient (Wildman–Crippen LogP) is 7.09. The fraction of sp³-hybridized carbons (Fsp3) is 0.379. The quantitative estimate of drug-likeness (QED) is 0.305. The molecule has 0 bridgehead atoms. The topological polar surface area (TPSA) is 71.3 Å². The number of rotatable bonds is 10. The number of nitrogens with zero attached hydrogens (tertiary/aromatic N) is 1. The smallest absolute Gasteiger partial charge is 0.418 e. The summed E-state index contributed by atoms with van der Waals surface area (Å²) < 4.78 is 43.2. The van der Waals surface area contributed by atoms with E-state index in [0.717, 1.165) is 37.4 Å². The van der Waals surface area contributed by atoms with Crippen LogP contribution in [0.15, 0.2) is 60.7 Å². The van der Waals surface area contributed by atoms with Gasteiger partial charge in [-0.2, -0.15) is 13.2 Å². The molecule has 37 heavy (non-hydrogen) atoms. The molecule has 0 spiro atoms. The molecule has 5 nitrogen and oxygen atoms in total. The summed E-state index contributed by atoms with van der Waals surface area (Å²) in [7, 11) is 0. The number of benzene rings is 2. The number of alkyl halides is 3. The van der Waals surface area contributed by atoms with Crippen molar-refractivity contribution in [3.8, 4) is 0 Å². The van der Waals surface area contributed by atoms with Crippen molar-refractivity contribution < 1.29 is 27.9 Å². The second-order valence-corrected chi connectivity index (χ2v) is 9.72. The fourth-order valence-corrected chi connectivity index (χ4v) is 4.87. The Kier molecular flexibility index (Phi) is 7.76. The number of amides is 1. The highest BCUT2D eigenvalue weighted by atomic mass is 19.4. The number of hydrogen-bond acceptors (Lipinski definition) is 2. The molecule has 1 aromatic heterocycles. The fourth-order valence-electron chi connectivity index (χ4n) is 4.87. The molecule has 2 N–H and O–H groups in total. The molecule has 1 aliphatic rings. The maximum atomic E-state index is 13.7. The Labute approximate surface area is 214 Å². The molecule has 1 saturated carbocycles. The van der Waals surface area contributed by atoms with Gasteiger partial charge in [-0.3, -0.25) is 9.59 Å². The maximum Gasteiger partial charge on any atom is 0.418 e. The molecule has 3 atom stereocenters. The molecule has 0 saturated heterocycles. The lowest BCUT2D eigenvalue weighted by atomic mass is 10.0. The molecule has 0 aliphatic heterocycles. The number of anilines is 1. The van der Waals surface area contributed by atoms with Crippen LogP contribution in [0.25, 0.3) is 0 Å². The number of aliphatic carboxylic acids is 1. The predicted molar refractivity (Wildman–Crippen MR) is 136 cm³/mol. The van der Waals surface area contributed by atoms with Gasteiger partial charge in [0.15, 0.2) is 0 Å². The van der Waals surface area contributed by atoms with Crippen LogP contribution in [0.2, 0.25) is 0 Å². The third-order valence-electron chi connectivity index (χ3n) is 7.14. The summed E-state index contributed by atoms with van der Waals surface area (Å²) in [5.74, 6) is -2.55. The van der Waals surface area contributed by atoms with Crippen LogP contribution in [-0.2, 0) is 23.8 Å². The summed E-state index contributed by atoms with van der Waals surface area (Å²) in [5.41, 5.74) is 1.66. The van der Waals surface area contributed by atoms with E-state index in [-0.39, 0.29) is 17.6 Å². The van der Waals surface area contributed by atoms with Gasteiger partial charge in [-0.15, -0.1) is 0 Å². The van der Waals surface area contributed by atoms with Gasteiger partial charge in [0, 0.05) is 11.7 Å². The van der Waals surface area contributed by atoms with E-state index in [4.69, 9.17) is 0 Å². The van der Waals surface area contributed by atoms with E-state index in [1.165, 1.54) is 17.7 Å². The van der Waals surface area contributed by atoms with Crippen LogP contribution in [0.1, 0.15) is 77.9 Å². The van der Waals surface area contributed by atoms with Crippen LogP contribution in [0.5, 0.6) is 0 Å². The molecular formula is C29H31F3N2O3. The van der Waals surface area contributed by atoms with Crippen LogP contribution in [0, 0.1) is 5.92 Å². The minimum atomic E-state index is -4.67. The molecule has 0 radical (unpaired) electrons. The minimum Gasteiger partial charge on any atom is -0.481 e. The zero-order valence-electron chi connectivity index (χ0n) is 20.9. The highest BCUT2D eigenvalue weighted by molar-refractivity contribution is 6.04. The van der Waals surface area contributed by atoms with Gasteiger partial charge >= 0.3 is 12.1 Å². The van der Waals surface area contributed by atoms with E-state index in [1.54, 1.807) is 6.07 Å². The molecule has 196 valence electrons. The number of hydrogen-bond donors (Lipinski definition) is 2. The Balaban J connectivity index is 1.58. The van der Waals surface area contributed by atoms with Crippen LogP contribution >= 0.6 is 0 Å². The first-order valence-corrected chi connectivity index (χ1v) is 12.6. The van der Waals surface area contributed by atoms with E-state index in [1.807, 2.05) is 42.7 Å². The van der Waals surface area contributed by atoms with Gasteiger partial charge in [0.25, 0.3) is 5.91 Å². The van der Waals surface area contributed by atoms with Crippen molar-refractivity contribution in [2.24, 2.45) is 5.92 Å². The normalized spacial score (nSPS) is 17.9. The monoisotopic (exact) mass is 512 g/mol. The van der Waals surface area contributed by atoms with Crippen molar-refractivity contribution in [1.82, 2.24) is 4.57 Å². The zero-order valence-corrected chi connectivity index (χ0v) is 20.9. The number of aryl methyl sites for hydroxylation is 2. The largest absolute Gasteiger partial charge is 0.481 e. The molecule has 4 rings (SSSR count). The lowest BCUT2D eigenvalue weighted by molar-refractivity contribution is -0.139. The SMILES string of the molecule is CC[C@H](C)n1c(CCCc2ccccc2)ccc1C(=O)Nc1cc([C@@H]2CC2C(=O)O)ccc1C(F)(F)F. The highest BCUT2D eigenvalue weighted by Gasteiger charge is 2.45. The van der Waals surface area contributed by atoms with Gasteiger partial charge in [0.1, 0.15) is 5.69 Å². The third-order valence-corrected chi connectivity index (χ3v) is 7.14. The van der Waals surface area contributed by atoms with Crippen LogP contribution in [0.4, 0.5) is 18.9 Å². The summed E-state index contributed by atoms with van der Waals surface area (Å²) in [5, 5.41) is 11.7. The second kappa shape index (κ2) is 10.8.